The highest BCUT2D eigenvalue weighted by atomic mass is 35.5. The second kappa shape index (κ2) is 8.13. The first-order valence-corrected chi connectivity index (χ1v) is 8.49. The van der Waals surface area contributed by atoms with Crippen LogP contribution in [-0.4, -0.2) is 13.0 Å². The number of methoxy groups -OCH3 is 1. The Morgan fingerprint density at radius 1 is 0.846 bits per heavy atom. The molecule has 0 spiro atoms. The van der Waals surface area contributed by atoms with E-state index in [4.69, 9.17) is 32.7 Å². The minimum Gasteiger partial charge on any atom is -0.497 e. The van der Waals surface area contributed by atoms with Gasteiger partial charge >= 0.3 is 0 Å². The van der Waals surface area contributed by atoms with Crippen LogP contribution in [0.15, 0.2) is 66.7 Å². The first-order chi connectivity index (χ1) is 12.5. The van der Waals surface area contributed by atoms with Gasteiger partial charge in [-0.15, -0.1) is 0 Å². The summed E-state index contributed by atoms with van der Waals surface area (Å²) in [5, 5.41) is 3.64. The van der Waals surface area contributed by atoms with Crippen LogP contribution in [0.1, 0.15) is 10.4 Å². The van der Waals surface area contributed by atoms with Gasteiger partial charge in [-0.2, -0.15) is 0 Å². The Balaban J connectivity index is 1.67. The third kappa shape index (κ3) is 4.48. The van der Waals surface area contributed by atoms with Crippen LogP contribution < -0.4 is 14.8 Å². The van der Waals surface area contributed by atoms with Gasteiger partial charge in [0.1, 0.15) is 17.2 Å². The van der Waals surface area contributed by atoms with E-state index in [9.17, 15) is 4.79 Å². The molecule has 0 atom stereocenters. The highest BCUT2D eigenvalue weighted by Gasteiger charge is 2.09. The molecule has 0 unspecified atom stereocenters. The normalized spacial score (nSPS) is 10.3. The van der Waals surface area contributed by atoms with Crippen molar-refractivity contribution in [2.24, 2.45) is 0 Å². The molecule has 3 aromatic carbocycles. The van der Waals surface area contributed by atoms with E-state index in [0.29, 0.717) is 32.8 Å². The number of nitrogens with one attached hydrogen (secondary N) is 1. The van der Waals surface area contributed by atoms with Crippen molar-refractivity contribution >= 4 is 34.8 Å². The van der Waals surface area contributed by atoms with Gasteiger partial charge in [-0.25, -0.2) is 0 Å². The van der Waals surface area contributed by atoms with E-state index in [1.54, 1.807) is 49.6 Å². The van der Waals surface area contributed by atoms with Gasteiger partial charge in [0.15, 0.2) is 0 Å². The molecule has 6 heteroatoms. The lowest BCUT2D eigenvalue weighted by Gasteiger charge is -2.09. The SMILES string of the molecule is COc1ccc(Oc2ccc(C(=O)Nc3ccc(Cl)cc3Cl)cc2)cc1. The summed E-state index contributed by atoms with van der Waals surface area (Å²) in [6.45, 7) is 0. The van der Waals surface area contributed by atoms with E-state index in [-0.39, 0.29) is 5.91 Å². The van der Waals surface area contributed by atoms with Crippen LogP contribution in [0.25, 0.3) is 0 Å². The van der Waals surface area contributed by atoms with Gasteiger partial charge in [0.25, 0.3) is 5.91 Å². The zero-order valence-electron chi connectivity index (χ0n) is 13.8. The van der Waals surface area contributed by atoms with Crippen molar-refractivity contribution in [1.82, 2.24) is 0 Å². The Morgan fingerprint density at radius 2 is 1.42 bits per heavy atom. The molecule has 3 aromatic rings. The van der Waals surface area contributed by atoms with Gasteiger partial charge in [-0.1, -0.05) is 23.2 Å². The van der Waals surface area contributed by atoms with E-state index in [0.717, 1.165) is 5.75 Å². The molecule has 1 N–H and O–H groups in total. The fraction of sp³-hybridized carbons (Fsp3) is 0.0500. The van der Waals surface area contributed by atoms with Gasteiger partial charge in [0.05, 0.1) is 17.8 Å². The molecule has 4 nitrogen and oxygen atoms in total. The molecule has 0 aliphatic heterocycles. The number of benzene rings is 3. The number of amides is 1. The summed E-state index contributed by atoms with van der Waals surface area (Å²) >= 11 is 11.9. The Bertz CT molecular complexity index is 909. The number of halogens is 2. The Hall–Kier alpha value is -2.69. The van der Waals surface area contributed by atoms with Crippen molar-refractivity contribution in [1.29, 1.82) is 0 Å². The molecule has 0 saturated heterocycles. The number of anilines is 1. The summed E-state index contributed by atoms with van der Waals surface area (Å²) in [6, 6.07) is 18.9. The molecule has 3 rings (SSSR count). The third-order valence-electron chi connectivity index (χ3n) is 3.59. The van der Waals surface area contributed by atoms with Crippen LogP contribution in [0.5, 0.6) is 17.2 Å². The smallest absolute Gasteiger partial charge is 0.255 e. The van der Waals surface area contributed by atoms with E-state index >= 15 is 0 Å². The topological polar surface area (TPSA) is 47.6 Å². The summed E-state index contributed by atoms with van der Waals surface area (Å²) in [6.07, 6.45) is 0. The van der Waals surface area contributed by atoms with Crippen LogP contribution in [-0.2, 0) is 0 Å². The molecule has 0 aromatic heterocycles. The number of rotatable bonds is 5. The Morgan fingerprint density at radius 3 is 2.00 bits per heavy atom. The molecular formula is C20H15Cl2NO3. The lowest BCUT2D eigenvalue weighted by molar-refractivity contribution is 0.102. The third-order valence-corrected chi connectivity index (χ3v) is 4.14. The zero-order chi connectivity index (χ0) is 18.5. The predicted octanol–water partition coefficient (Wildman–Crippen LogP) is 6.05. The number of hydrogen-bond donors (Lipinski definition) is 1. The number of carbonyl (C=O) groups is 1. The monoisotopic (exact) mass is 387 g/mol. The first-order valence-electron chi connectivity index (χ1n) is 7.73. The molecule has 0 radical (unpaired) electrons. The molecule has 0 bridgehead atoms. The van der Waals surface area contributed by atoms with Crippen molar-refractivity contribution < 1.29 is 14.3 Å². The molecule has 0 saturated carbocycles. The summed E-state index contributed by atoms with van der Waals surface area (Å²) < 4.78 is 10.8. The molecule has 1 amide bonds. The van der Waals surface area contributed by atoms with Gasteiger partial charge in [0.2, 0.25) is 0 Å². The van der Waals surface area contributed by atoms with E-state index in [1.165, 1.54) is 0 Å². The highest BCUT2D eigenvalue weighted by molar-refractivity contribution is 6.36. The Kier molecular flexibility index (Phi) is 5.66. The second-order valence-corrected chi connectivity index (χ2v) is 6.22. The standard InChI is InChI=1S/C20H15Cl2NO3/c1-25-15-7-9-17(10-8-15)26-16-5-2-13(3-6-16)20(24)23-19-11-4-14(21)12-18(19)22/h2-12H,1H3,(H,23,24). The molecule has 26 heavy (non-hydrogen) atoms. The molecule has 0 heterocycles. The van der Waals surface area contributed by atoms with Crippen molar-refractivity contribution in [3.8, 4) is 17.2 Å². The van der Waals surface area contributed by atoms with Crippen LogP contribution in [0.4, 0.5) is 5.69 Å². The molecular weight excluding hydrogens is 373 g/mol. The summed E-state index contributed by atoms with van der Waals surface area (Å²) in [5.41, 5.74) is 0.984. The number of carbonyl (C=O) groups excluding carboxylic acids is 1. The number of hydrogen-bond acceptors (Lipinski definition) is 3. The van der Waals surface area contributed by atoms with E-state index in [1.807, 2.05) is 24.3 Å². The maximum absolute atomic E-state index is 12.3. The molecule has 0 aliphatic carbocycles. The fourth-order valence-electron chi connectivity index (χ4n) is 2.24. The summed E-state index contributed by atoms with van der Waals surface area (Å²) in [7, 11) is 1.61. The largest absolute Gasteiger partial charge is 0.497 e. The van der Waals surface area contributed by atoms with Gasteiger partial charge in [-0.3, -0.25) is 4.79 Å². The lowest BCUT2D eigenvalue weighted by atomic mass is 10.2. The van der Waals surface area contributed by atoms with Crippen molar-refractivity contribution in [2.75, 3.05) is 12.4 Å². The molecule has 0 aliphatic rings. The first kappa shape index (κ1) is 18.1. The lowest BCUT2D eigenvalue weighted by Crippen LogP contribution is -2.12. The van der Waals surface area contributed by atoms with Crippen molar-refractivity contribution in [2.45, 2.75) is 0 Å². The van der Waals surface area contributed by atoms with Gasteiger partial charge in [-0.05, 0) is 66.7 Å². The maximum atomic E-state index is 12.3. The minimum atomic E-state index is -0.273. The van der Waals surface area contributed by atoms with Gasteiger partial charge in [0, 0.05) is 10.6 Å². The second-order valence-electron chi connectivity index (χ2n) is 5.38. The van der Waals surface area contributed by atoms with Crippen molar-refractivity contribution in [3.63, 3.8) is 0 Å². The quantitative estimate of drug-likeness (QED) is 0.579. The van der Waals surface area contributed by atoms with Crippen LogP contribution >= 0.6 is 23.2 Å². The average Bonchev–Trinajstić information content (AvgIpc) is 2.65. The van der Waals surface area contributed by atoms with Crippen LogP contribution in [0.3, 0.4) is 0 Å². The van der Waals surface area contributed by atoms with Crippen LogP contribution in [0, 0.1) is 0 Å². The molecule has 0 fully saturated rings. The zero-order valence-corrected chi connectivity index (χ0v) is 15.3. The number of ether oxygens (including phenoxy) is 2. The Labute approximate surface area is 161 Å². The van der Waals surface area contributed by atoms with Gasteiger partial charge < -0.3 is 14.8 Å². The molecule has 132 valence electrons. The highest BCUT2D eigenvalue weighted by Crippen LogP contribution is 2.27. The average molecular weight is 388 g/mol. The summed E-state index contributed by atoms with van der Waals surface area (Å²) in [4.78, 5) is 12.3. The predicted molar refractivity (Wildman–Crippen MR) is 104 cm³/mol. The summed E-state index contributed by atoms with van der Waals surface area (Å²) in [5.74, 6) is 1.78. The van der Waals surface area contributed by atoms with E-state index in [2.05, 4.69) is 5.32 Å². The fourth-order valence-corrected chi connectivity index (χ4v) is 2.70. The van der Waals surface area contributed by atoms with E-state index < -0.39 is 0 Å². The minimum absolute atomic E-state index is 0.273. The maximum Gasteiger partial charge on any atom is 0.255 e. The van der Waals surface area contributed by atoms with Crippen molar-refractivity contribution in [3.05, 3.63) is 82.3 Å². The van der Waals surface area contributed by atoms with Crippen LogP contribution in [0.2, 0.25) is 10.0 Å².